The second kappa shape index (κ2) is 4.88. The number of anilines is 1. The average molecular weight is 250 g/mol. The third kappa shape index (κ3) is 3.22. The summed E-state index contributed by atoms with van der Waals surface area (Å²) < 4.78 is 14.0. The van der Waals surface area contributed by atoms with Gasteiger partial charge in [0, 0.05) is 36.4 Å². The van der Waals surface area contributed by atoms with Gasteiger partial charge in [-0.2, -0.15) is 0 Å². The van der Waals surface area contributed by atoms with Gasteiger partial charge in [0.05, 0.1) is 0 Å². The summed E-state index contributed by atoms with van der Waals surface area (Å²) in [5.74, 6) is -0.114. The molecular weight excluding hydrogens is 227 g/mol. The molecule has 3 heteroatoms. The highest BCUT2D eigenvalue weighted by molar-refractivity contribution is 5.55. The van der Waals surface area contributed by atoms with E-state index in [1.54, 1.807) is 12.1 Å². The Morgan fingerprint density at radius 2 is 2.00 bits per heavy atom. The molecule has 0 spiro atoms. The van der Waals surface area contributed by atoms with Crippen LogP contribution in [0.5, 0.6) is 0 Å². The molecule has 1 aliphatic carbocycles. The van der Waals surface area contributed by atoms with E-state index >= 15 is 0 Å². The summed E-state index contributed by atoms with van der Waals surface area (Å²) in [6.45, 7) is 6.86. The van der Waals surface area contributed by atoms with Crippen molar-refractivity contribution >= 4 is 5.69 Å². The summed E-state index contributed by atoms with van der Waals surface area (Å²) in [6, 6.07) is 5.95. The second-order valence-corrected chi connectivity index (χ2v) is 6.18. The van der Waals surface area contributed by atoms with Gasteiger partial charge in [0.2, 0.25) is 0 Å². The summed E-state index contributed by atoms with van der Waals surface area (Å²) in [5, 5.41) is 3.37. The number of benzene rings is 1. The zero-order chi connectivity index (χ0) is 13.3. The van der Waals surface area contributed by atoms with E-state index < -0.39 is 0 Å². The lowest BCUT2D eigenvalue weighted by atomic mass is 10.1. The van der Waals surface area contributed by atoms with E-state index in [4.69, 9.17) is 0 Å². The van der Waals surface area contributed by atoms with Crippen LogP contribution in [0.15, 0.2) is 18.2 Å². The lowest BCUT2D eigenvalue weighted by Crippen LogP contribution is -2.36. The Morgan fingerprint density at radius 3 is 2.56 bits per heavy atom. The van der Waals surface area contributed by atoms with Crippen molar-refractivity contribution in [1.82, 2.24) is 5.32 Å². The fourth-order valence-corrected chi connectivity index (χ4v) is 2.06. The zero-order valence-corrected chi connectivity index (χ0v) is 11.8. The zero-order valence-electron chi connectivity index (χ0n) is 11.8. The predicted octanol–water partition coefficient (Wildman–Crippen LogP) is 3.31. The quantitative estimate of drug-likeness (QED) is 0.882. The SMILES string of the molecule is CN(c1cccc(F)c1CNC(C)(C)C)C1CC1. The minimum Gasteiger partial charge on any atom is -0.371 e. The topological polar surface area (TPSA) is 15.3 Å². The molecule has 0 aromatic heterocycles. The van der Waals surface area contributed by atoms with Gasteiger partial charge in [-0.25, -0.2) is 4.39 Å². The van der Waals surface area contributed by atoms with E-state index in [0.717, 1.165) is 11.3 Å². The summed E-state index contributed by atoms with van der Waals surface area (Å²) in [7, 11) is 2.06. The number of nitrogens with zero attached hydrogens (tertiary/aromatic N) is 1. The Labute approximate surface area is 109 Å². The molecule has 2 rings (SSSR count). The van der Waals surface area contributed by atoms with Gasteiger partial charge in [-0.05, 0) is 45.7 Å². The maximum absolute atomic E-state index is 14.0. The fraction of sp³-hybridized carbons (Fsp3) is 0.600. The highest BCUT2D eigenvalue weighted by atomic mass is 19.1. The Bertz CT molecular complexity index is 419. The normalized spacial score (nSPS) is 15.8. The number of halogens is 1. The number of hydrogen-bond donors (Lipinski definition) is 1. The highest BCUT2D eigenvalue weighted by Crippen LogP contribution is 2.33. The van der Waals surface area contributed by atoms with Crippen molar-refractivity contribution < 1.29 is 4.39 Å². The van der Waals surface area contributed by atoms with E-state index in [1.807, 2.05) is 6.07 Å². The van der Waals surface area contributed by atoms with Gasteiger partial charge in [0.15, 0.2) is 0 Å². The molecule has 1 fully saturated rings. The molecule has 0 radical (unpaired) electrons. The molecule has 2 nitrogen and oxygen atoms in total. The van der Waals surface area contributed by atoms with E-state index in [9.17, 15) is 4.39 Å². The summed E-state index contributed by atoms with van der Waals surface area (Å²) in [5.41, 5.74) is 1.80. The van der Waals surface area contributed by atoms with Gasteiger partial charge in [0.1, 0.15) is 5.82 Å². The molecule has 0 atom stereocenters. The molecule has 18 heavy (non-hydrogen) atoms. The van der Waals surface area contributed by atoms with Crippen molar-refractivity contribution in [3.63, 3.8) is 0 Å². The molecule has 0 aliphatic heterocycles. The molecule has 0 heterocycles. The molecular formula is C15H23FN2. The van der Waals surface area contributed by atoms with Crippen molar-refractivity contribution in [2.24, 2.45) is 0 Å². The van der Waals surface area contributed by atoms with Gasteiger partial charge < -0.3 is 10.2 Å². The standard InChI is InChI=1S/C15H23FN2/c1-15(2,3)17-10-12-13(16)6-5-7-14(12)18(4)11-8-9-11/h5-7,11,17H,8-10H2,1-4H3. The molecule has 0 saturated heterocycles. The summed E-state index contributed by atoms with van der Waals surface area (Å²) >= 11 is 0. The fourth-order valence-electron chi connectivity index (χ4n) is 2.06. The van der Waals surface area contributed by atoms with Crippen LogP contribution in [0, 0.1) is 5.82 Å². The van der Waals surface area contributed by atoms with Crippen molar-refractivity contribution in [3.05, 3.63) is 29.6 Å². The van der Waals surface area contributed by atoms with E-state index in [1.165, 1.54) is 12.8 Å². The van der Waals surface area contributed by atoms with Gasteiger partial charge in [-0.15, -0.1) is 0 Å². The molecule has 1 aliphatic rings. The monoisotopic (exact) mass is 250 g/mol. The lowest BCUT2D eigenvalue weighted by Gasteiger charge is -2.26. The van der Waals surface area contributed by atoms with Crippen molar-refractivity contribution in [2.75, 3.05) is 11.9 Å². The molecule has 1 aromatic rings. The van der Waals surface area contributed by atoms with Gasteiger partial charge in [-0.3, -0.25) is 0 Å². The second-order valence-electron chi connectivity index (χ2n) is 6.18. The van der Waals surface area contributed by atoms with Crippen molar-refractivity contribution in [2.45, 2.75) is 51.7 Å². The van der Waals surface area contributed by atoms with Crippen molar-refractivity contribution in [1.29, 1.82) is 0 Å². The van der Waals surface area contributed by atoms with Gasteiger partial charge in [-0.1, -0.05) is 6.07 Å². The van der Waals surface area contributed by atoms with Crippen LogP contribution in [-0.4, -0.2) is 18.6 Å². The smallest absolute Gasteiger partial charge is 0.129 e. The van der Waals surface area contributed by atoms with Crippen LogP contribution in [0.25, 0.3) is 0 Å². The first-order valence-electron chi connectivity index (χ1n) is 6.64. The molecule has 1 saturated carbocycles. The summed E-state index contributed by atoms with van der Waals surface area (Å²) in [6.07, 6.45) is 2.44. The minimum absolute atomic E-state index is 0.00228. The van der Waals surface area contributed by atoms with Crippen molar-refractivity contribution in [3.8, 4) is 0 Å². The largest absolute Gasteiger partial charge is 0.371 e. The maximum Gasteiger partial charge on any atom is 0.129 e. The highest BCUT2D eigenvalue weighted by Gasteiger charge is 2.28. The predicted molar refractivity (Wildman–Crippen MR) is 74.4 cm³/mol. The Kier molecular flexibility index (Phi) is 3.62. The van der Waals surface area contributed by atoms with E-state index in [0.29, 0.717) is 12.6 Å². The van der Waals surface area contributed by atoms with Crippen LogP contribution in [-0.2, 0) is 6.54 Å². The Balaban J connectivity index is 2.20. The molecule has 1 aromatic carbocycles. The number of rotatable bonds is 4. The first kappa shape index (κ1) is 13.3. The molecule has 100 valence electrons. The van der Waals surface area contributed by atoms with Crippen LogP contribution in [0.1, 0.15) is 39.2 Å². The summed E-state index contributed by atoms with van der Waals surface area (Å²) in [4.78, 5) is 2.21. The Morgan fingerprint density at radius 1 is 1.33 bits per heavy atom. The van der Waals surface area contributed by atoms with E-state index in [2.05, 4.69) is 38.0 Å². The molecule has 1 N–H and O–H groups in total. The lowest BCUT2D eigenvalue weighted by molar-refractivity contribution is 0.418. The molecule has 0 bridgehead atoms. The van der Waals surface area contributed by atoms with Gasteiger partial charge in [0.25, 0.3) is 0 Å². The average Bonchev–Trinajstić information content (AvgIpc) is 3.08. The van der Waals surface area contributed by atoms with Crippen LogP contribution < -0.4 is 10.2 Å². The number of nitrogens with one attached hydrogen (secondary N) is 1. The molecule has 0 amide bonds. The minimum atomic E-state index is -0.114. The van der Waals surface area contributed by atoms with E-state index in [-0.39, 0.29) is 11.4 Å². The van der Waals surface area contributed by atoms with Crippen LogP contribution >= 0.6 is 0 Å². The first-order valence-corrected chi connectivity index (χ1v) is 6.64. The third-order valence-corrected chi connectivity index (χ3v) is 3.36. The third-order valence-electron chi connectivity index (χ3n) is 3.36. The molecule has 0 unspecified atom stereocenters. The Hall–Kier alpha value is -1.09. The van der Waals surface area contributed by atoms with Crippen LogP contribution in [0.4, 0.5) is 10.1 Å². The van der Waals surface area contributed by atoms with Gasteiger partial charge >= 0.3 is 0 Å². The van der Waals surface area contributed by atoms with Crippen LogP contribution in [0.2, 0.25) is 0 Å². The first-order chi connectivity index (χ1) is 8.38. The van der Waals surface area contributed by atoms with Crippen LogP contribution in [0.3, 0.4) is 0 Å². The number of hydrogen-bond acceptors (Lipinski definition) is 2. The maximum atomic E-state index is 14.0.